The Kier molecular flexibility index (Phi) is 10.7. The Balaban J connectivity index is 2.13. The number of carbonyl (C=O) groups is 2. The van der Waals surface area contributed by atoms with Gasteiger partial charge in [0.05, 0.1) is 33.2 Å². The van der Waals surface area contributed by atoms with Crippen molar-refractivity contribution in [2.75, 3.05) is 20.3 Å². The molecule has 2 aromatic rings. The van der Waals surface area contributed by atoms with Crippen molar-refractivity contribution in [1.29, 1.82) is 0 Å². The van der Waals surface area contributed by atoms with Gasteiger partial charge in [-0.05, 0) is 30.7 Å². The number of halogens is 8. The highest BCUT2D eigenvalue weighted by Gasteiger charge is 2.79. The summed E-state index contributed by atoms with van der Waals surface area (Å²) in [5.41, 5.74) is 0.937. The summed E-state index contributed by atoms with van der Waals surface area (Å²) in [5.74, 6) is -25.6. The summed E-state index contributed by atoms with van der Waals surface area (Å²) in [6.07, 6.45) is -2.14. The fourth-order valence-electron chi connectivity index (χ4n) is 3.35. The third kappa shape index (κ3) is 7.65. The van der Waals surface area contributed by atoms with Crippen LogP contribution in [0.25, 0.3) is 11.6 Å². The van der Waals surface area contributed by atoms with Crippen molar-refractivity contribution < 1.29 is 58.9 Å². The van der Waals surface area contributed by atoms with Gasteiger partial charge in [0.2, 0.25) is 0 Å². The second kappa shape index (κ2) is 13.2. The number of ether oxygens (including phenoxy) is 3. The zero-order chi connectivity index (χ0) is 31.1. The lowest BCUT2D eigenvalue weighted by atomic mass is 9.95. The van der Waals surface area contributed by atoms with Gasteiger partial charge in [0.1, 0.15) is 11.5 Å². The molecule has 0 bridgehead atoms. The molecule has 0 fully saturated rings. The van der Waals surface area contributed by atoms with E-state index >= 15 is 0 Å². The van der Waals surface area contributed by atoms with E-state index in [0.29, 0.717) is 17.4 Å². The van der Waals surface area contributed by atoms with Crippen LogP contribution in [0.4, 0.5) is 35.1 Å². The molecule has 5 nitrogen and oxygen atoms in total. The van der Waals surface area contributed by atoms with Crippen LogP contribution in [0.15, 0.2) is 60.7 Å². The van der Waals surface area contributed by atoms with E-state index in [-0.39, 0.29) is 22.6 Å². The van der Waals surface area contributed by atoms with Gasteiger partial charge in [0.25, 0.3) is 0 Å². The highest BCUT2D eigenvalue weighted by Crippen LogP contribution is 2.54. The quantitative estimate of drug-likeness (QED) is 0.0715. The third-order valence-electron chi connectivity index (χ3n) is 5.75. The lowest BCUT2D eigenvalue weighted by Gasteiger charge is -2.36. The smallest absolute Gasteiger partial charge is 0.378 e. The summed E-state index contributed by atoms with van der Waals surface area (Å²) in [4.78, 5) is 22.7. The summed E-state index contributed by atoms with van der Waals surface area (Å²) < 4.78 is 127. The molecule has 0 saturated carbocycles. The maximum Gasteiger partial charge on any atom is 0.378 e. The average Bonchev–Trinajstić information content (AvgIpc) is 2.91. The first-order valence-corrected chi connectivity index (χ1v) is 11.9. The third-order valence-corrected chi connectivity index (χ3v) is 5.75. The van der Waals surface area contributed by atoms with Crippen molar-refractivity contribution in [2.45, 2.75) is 43.5 Å². The molecule has 224 valence electrons. The van der Waals surface area contributed by atoms with Gasteiger partial charge in [-0.25, -0.2) is 4.79 Å². The fraction of sp³-hybridized carbons (Fsp3) is 0.357. The standard InChI is InChI=1S/C28H26F8O5/c1-18(2)24(38)41-14-12-26(31,32)28(35,36)27(33,34)25(29,30)11-13-40-22-10-9-20(23(16-22)39-3)15-21(17-37)19-7-5-4-6-8-19/h4-10,15-17H,1,11-14H2,2-3H3/b21-15+. The van der Waals surface area contributed by atoms with Crippen LogP contribution in [0.1, 0.15) is 30.9 Å². The number of benzene rings is 2. The molecule has 0 spiro atoms. The Bertz CT molecular complexity index is 1260. The van der Waals surface area contributed by atoms with Gasteiger partial charge in [0, 0.05) is 22.8 Å². The van der Waals surface area contributed by atoms with Crippen molar-refractivity contribution in [1.82, 2.24) is 0 Å². The number of rotatable bonds is 15. The number of carbonyl (C=O) groups excluding carboxylic acids is 2. The Morgan fingerprint density at radius 2 is 1.44 bits per heavy atom. The van der Waals surface area contributed by atoms with Crippen molar-refractivity contribution in [3.05, 3.63) is 71.8 Å². The predicted octanol–water partition coefficient (Wildman–Crippen LogP) is 7.25. The van der Waals surface area contributed by atoms with Crippen molar-refractivity contribution >= 4 is 23.9 Å². The normalized spacial score (nSPS) is 13.0. The number of alkyl halides is 8. The first-order chi connectivity index (χ1) is 19.0. The van der Waals surface area contributed by atoms with Crippen LogP contribution in [-0.4, -0.2) is 56.3 Å². The summed E-state index contributed by atoms with van der Waals surface area (Å²) in [5, 5.41) is 0. The lowest BCUT2D eigenvalue weighted by molar-refractivity contribution is -0.368. The molecule has 2 rings (SSSR count). The van der Waals surface area contributed by atoms with E-state index in [4.69, 9.17) is 9.47 Å². The monoisotopic (exact) mass is 594 g/mol. The molecular formula is C28H26F8O5. The summed E-state index contributed by atoms with van der Waals surface area (Å²) in [6.45, 7) is 1.53. The second-order valence-corrected chi connectivity index (χ2v) is 8.81. The van der Waals surface area contributed by atoms with E-state index < -0.39 is 55.7 Å². The largest absolute Gasteiger partial charge is 0.496 e. The van der Waals surface area contributed by atoms with Gasteiger partial charge in [0.15, 0.2) is 6.29 Å². The highest BCUT2D eigenvalue weighted by atomic mass is 19.4. The van der Waals surface area contributed by atoms with E-state index in [1.165, 1.54) is 31.4 Å². The highest BCUT2D eigenvalue weighted by molar-refractivity contribution is 6.13. The van der Waals surface area contributed by atoms with Gasteiger partial charge in [-0.2, -0.15) is 35.1 Å². The maximum atomic E-state index is 14.2. The van der Waals surface area contributed by atoms with Crippen LogP contribution < -0.4 is 9.47 Å². The molecule has 0 N–H and O–H groups in total. The summed E-state index contributed by atoms with van der Waals surface area (Å²) in [6, 6.07) is 12.3. The average molecular weight is 594 g/mol. The minimum absolute atomic E-state index is 0.0911. The topological polar surface area (TPSA) is 61.8 Å². The van der Waals surface area contributed by atoms with Crippen LogP contribution in [0.2, 0.25) is 0 Å². The Morgan fingerprint density at radius 3 is 1.95 bits per heavy atom. The summed E-state index contributed by atoms with van der Waals surface area (Å²) >= 11 is 0. The molecule has 0 saturated heterocycles. The zero-order valence-electron chi connectivity index (χ0n) is 21.9. The molecule has 0 aliphatic rings. The molecule has 0 atom stereocenters. The first-order valence-electron chi connectivity index (χ1n) is 11.9. The van der Waals surface area contributed by atoms with Crippen molar-refractivity contribution in [3.63, 3.8) is 0 Å². The van der Waals surface area contributed by atoms with Crippen LogP contribution >= 0.6 is 0 Å². The molecule has 0 aromatic heterocycles. The molecular weight excluding hydrogens is 568 g/mol. The SMILES string of the molecule is C=C(C)C(=O)OCCC(F)(F)C(F)(F)C(F)(F)C(F)(F)CCOc1ccc(/C=C(\C=O)c2ccccc2)c(OC)c1. The van der Waals surface area contributed by atoms with Crippen LogP contribution in [0, 0.1) is 0 Å². The number of allylic oxidation sites excluding steroid dienone is 1. The number of hydrogen-bond acceptors (Lipinski definition) is 5. The predicted molar refractivity (Wildman–Crippen MR) is 134 cm³/mol. The second-order valence-electron chi connectivity index (χ2n) is 8.81. The Hall–Kier alpha value is -3.90. The van der Waals surface area contributed by atoms with Crippen molar-refractivity contribution in [3.8, 4) is 11.5 Å². The van der Waals surface area contributed by atoms with Crippen molar-refractivity contribution in [2.24, 2.45) is 0 Å². The van der Waals surface area contributed by atoms with E-state index in [2.05, 4.69) is 11.3 Å². The lowest BCUT2D eigenvalue weighted by Crippen LogP contribution is -2.62. The molecule has 2 aromatic carbocycles. The molecule has 0 aliphatic carbocycles. The zero-order valence-corrected chi connectivity index (χ0v) is 21.9. The minimum Gasteiger partial charge on any atom is -0.496 e. The number of hydrogen-bond donors (Lipinski definition) is 0. The number of aldehydes is 1. The minimum atomic E-state index is -6.51. The van der Waals surface area contributed by atoms with Gasteiger partial charge in [-0.3, -0.25) is 4.79 Å². The van der Waals surface area contributed by atoms with E-state index in [9.17, 15) is 44.7 Å². The summed E-state index contributed by atoms with van der Waals surface area (Å²) in [7, 11) is 1.25. The number of methoxy groups -OCH3 is 1. The molecule has 0 heterocycles. The molecule has 13 heteroatoms. The molecule has 41 heavy (non-hydrogen) atoms. The maximum absolute atomic E-state index is 14.2. The van der Waals surface area contributed by atoms with Crippen LogP contribution in [0.5, 0.6) is 11.5 Å². The van der Waals surface area contributed by atoms with Gasteiger partial charge < -0.3 is 14.2 Å². The van der Waals surface area contributed by atoms with E-state index in [1.807, 2.05) is 0 Å². The molecule has 0 amide bonds. The van der Waals surface area contributed by atoms with Crippen LogP contribution in [-0.2, 0) is 14.3 Å². The van der Waals surface area contributed by atoms with E-state index in [0.717, 1.165) is 6.92 Å². The first kappa shape index (κ1) is 33.3. The van der Waals surface area contributed by atoms with E-state index in [1.54, 1.807) is 30.3 Å². The Morgan fingerprint density at radius 1 is 0.878 bits per heavy atom. The van der Waals surface area contributed by atoms with Gasteiger partial charge in [-0.1, -0.05) is 36.9 Å². The van der Waals surface area contributed by atoms with Gasteiger partial charge >= 0.3 is 29.7 Å². The molecule has 0 unspecified atom stereocenters. The molecule has 0 aliphatic heterocycles. The Labute approximate surface area is 230 Å². The van der Waals surface area contributed by atoms with Crippen LogP contribution in [0.3, 0.4) is 0 Å². The van der Waals surface area contributed by atoms with Gasteiger partial charge in [-0.15, -0.1) is 0 Å². The molecule has 0 radical (unpaired) electrons. The number of esters is 1. The fourth-order valence-corrected chi connectivity index (χ4v) is 3.35.